The monoisotopic (exact) mass is 170 g/mol. The van der Waals surface area contributed by atoms with E-state index in [1.54, 1.807) is 0 Å². The van der Waals surface area contributed by atoms with Gasteiger partial charge in [-0.05, 0) is 13.8 Å². The van der Waals surface area contributed by atoms with Crippen LogP contribution in [-0.4, -0.2) is 17.2 Å². The van der Waals surface area contributed by atoms with Gasteiger partial charge in [-0.25, -0.2) is 10.1 Å². The quantitative estimate of drug-likeness (QED) is 0.383. The van der Waals surface area contributed by atoms with Crippen LogP contribution in [0.4, 0.5) is 0 Å². The summed E-state index contributed by atoms with van der Waals surface area (Å²) in [6, 6.07) is 8.48. The summed E-state index contributed by atoms with van der Waals surface area (Å²) in [5.74, 6) is 0. The topological polar surface area (TPSA) is 49.7 Å². The van der Waals surface area contributed by atoms with E-state index in [2.05, 4.69) is 43.0 Å². The van der Waals surface area contributed by atoms with E-state index in [0.29, 0.717) is 0 Å². The van der Waals surface area contributed by atoms with Crippen LogP contribution in [0, 0.1) is 13.8 Å². The van der Waals surface area contributed by atoms with E-state index < -0.39 is 6.79 Å². The van der Waals surface area contributed by atoms with Crippen molar-refractivity contribution >= 4 is 0 Å². The lowest BCUT2D eigenvalue weighted by Gasteiger charge is -1.90. The molecule has 0 amide bonds. The van der Waals surface area contributed by atoms with Gasteiger partial charge in [0.1, 0.15) is 0 Å². The van der Waals surface area contributed by atoms with Crippen molar-refractivity contribution in [2.45, 2.75) is 13.8 Å². The van der Waals surface area contributed by atoms with E-state index in [-0.39, 0.29) is 0 Å². The fourth-order valence-corrected chi connectivity index (χ4v) is 0.637. The van der Waals surface area contributed by atoms with Gasteiger partial charge in [0.15, 0.2) is 6.79 Å². The van der Waals surface area contributed by atoms with Crippen LogP contribution in [0.1, 0.15) is 11.1 Å². The summed E-state index contributed by atoms with van der Waals surface area (Å²) in [6.45, 7) is 3.57. The van der Waals surface area contributed by atoms with Crippen molar-refractivity contribution < 1.29 is 15.3 Å². The molecule has 68 valence electrons. The Labute approximate surface area is 72.2 Å². The molecule has 0 aliphatic carbocycles. The molecule has 0 atom stereocenters. The van der Waals surface area contributed by atoms with Crippen molar-refractivity contribution in [2.24, 2.45) is 0 Å². The molecule has 0 spiro atoms. The molecule has 0 heterocycles. The third-order valence-corrected chi connectivity index (χ3v) is 1.28. The molecule has 0 aromatic heterocycles. The number of aliphatic hydroxyl groups excluding tert-OH is 1. The summed E-state index contributed by atoms with van der Waals surface area (Å²) in [5.41, 5.74) is 2.66. The summed E-state index contributed by atoms with van der Waals surface area (Å²) in [5, 5.41) is 14.5. The van der Waals surface area contributed by atoms with Gasteiger partial charge in [0.2, 0.25) is 0 Å². The van der Waals surface area contributed by atoms with Gasteiger partial charge in [-0.3, -0.25) is 0 Å². The molecule has 0 aliphatic rings. The third kappa shape index (κ3) is 5.85. The second-order valence-electron chi connectivity index (χ2n) is 2.41. The molecule has 12 heavy (non-hydrogen) atoms. The molecule has 0 radical (unpaired) electrons. The van der Waals surface area contributed by atoms with Gasteiger partial charge in [-0.15, -0.1) is 0 Å². The minimum Gasteiger partial charge on any atom is -0.368 e. The standard InChI is InChI=1S/C8H10.CH4O3/c1-7-3-5-8(2)6-4-7;2-1-4-3/h3-6H,1-2H3;2-3H,1H2. The second kappa shape index (κ2) is 6.79. The maximum absolute atomic E-state index is 7.40. The molecule has 0 aliphatic heterocycles. The Kier molecular flexibility index (Phi) is 6.28. The molecule has 1 aromatic carbocycles. The Morgan fingerprint density at radius 1 is 1.08 bits per heavy atom. The first-order valence-electron chi connectivity index (χ1n) is 3.61. The third-order valence-electron chi connectivity index (χ3n) is 1.28. The molecule has 0 saturated carbocycles. The highest BCUT2D eigenvalue weighted by Gasteiger charge is 1.79. The molecule has 1 aromatic rings. The molecule has 0 saturated heterocycles. The van der Waals surface area contributed by atoms with Crippen LogP contribution in [0.25, 0.3) is 0 Å². The van der Waals surface area contributed by atoms with Crippen LogP contribution in [-0.2, 0) is 4.89 Å². The van der Waals surface area contributed by atoms with Gasteiger partial charge >= 0.3 is 0 Å². The number of hydrogen-bond acceptors (Lipinski definition) is 3. The van der Waals surface area contributed by atoms with E-state index >= 15 is 0 Å². The van der Waals surface area contributed by atoms with Gasteiger partial charge in [0.05, 0.1) is 0 Å². The predicted octanol–water partition coefficient (Wildman–Crippen LogP) is 1.73. The van der Waals surface area contributed by atoms with Crippen molar-refractivity contribution in [1.29, 1.82) is 0 Å². The van der Waals surface area contributed by atoms with Crippen LogP contribution in [0.15, 0.2) is 24.3 Å². The smallest absolute Gasteiger partial charge is 0.177 e. The zero-order valence-corrected chi connectivity index (χ0v) is 7.32. The maximum Gasteiger partial charge on any atom is 0.177 e. The van der Waals surface area contributed by atoms with Crippen molar-refractivity contribution in [2.75, 3.05) is 6.79 Å². The van der Waals surface area contributed by atoms with E-state index in [0.717, 1.165) is 0 Å². The zero-order valence-electron chi connectivity index (χ0n) is 7.32. The molecule has 0 fully saturated rings. The Bertz CT molecular complexity index is 170. The molecule has 3 nitrogen and oxygen atoms in total. The average molecular weight is 170 g/mol. The highest BCUT2D eigenvalue weighted by molar-refractivity contribution is 5.19. The average Bonchev–Trinajstić information content (AvgIpc) is 2.11. The molecule has 2 N–H and O–H groups in total. The van der Waals surface area contributed by atoms with Gasteiger partial charge < -0.3 is 5.11 Å². The van der Waals surface area contributed by atoms with E-state index in [4.69, 9.17) is 10.4 Å². The lowest BCUT2D eigenvalue weighted by Crippen LogP contribution is -1.80. The van der Waals surface area contributed by atoms with Crippen LogP contribution >= 0.6 is 0 Å². The van der Waals surface area contributed by atoms with Crippen molar-refractivity contribution in [3.05, 3.63) is 35.4 Å². The number of hydrogen-bond donors (Lipinski definition) is 2. The minimum absolute atomic E-state index is 0.625. The van der Waals surface area contributed by atoms with Crippen molar-refractivity contribution in [1.82, 2.24) is 0 Å². The Morgan fingerprint density at radius 3 is 1.50 bits per heavy atom. The first-order chi connectivity index (χ1) is 5.70. The second-order valence-corrected chi connectivity index (χ2v) is 2.41. The minimum atomic E-state index is -0.625. The van der Waals surface area contributed by atoms with Crippen LogP contribution in [0.3, 0.4) is 0 Å². The van der Waals surface area contributed by atoms with Crippen LogP contribution in [0.2, 0.25) is 0 Å². The van der Waals surface area contributed by atoms with Crippen LogP contribution < -0.4 is 0 Å². The lowest BCUT2D eigenvalue weighted by atomic mass is 10.2. The highest BCUT2D eigenvalue weighted by Crippen LogP contribution is 1.99. The number of aryl methyl sites for hydroxylation is 2. The van der Waals surface area contributed by atoms with Gasteiger partial charge in [-0.2, -0.15) is 0 Å². The maximum atomic E-state index is 7.40. The summed E-state index contributed by atoms with van der Waals surface area (Å²) in [7, 11) is 0. The van der Waals surface area contributed by atoms with Gasteiger partial charge in [0, 0.05) is 0 Å². The van der Waals surface area contributed by atoms with E-state index in [9.17, 15) is 0 Å². The molecular weight excluding hydrogens is 156 g/mol. The van der Waals surface area contributed by atoms with E-state index in [1.807, 2.05) is 0 Å². The molecule has 0 unspecified atom stereocenters. The SMILES string of the molecule is Cc1ccc(C)cc1.OCOO. The number of aliphatic hydroxyl groups is 1. The lowest BCUT2D eigenvalue weighted by molar-refractivity contribution is -0.285. The van der Waals surface area contributed by atoms with Gasteiger partial charge in [0.25, 0.3) is 0 Å². The number of rotatable bonds is 1. The zero-order chi connectivity index (χ0) is 9.40. The normalized spacial score (nSPS) is 8.67. The molecule has 0 bridgehead atoms. The Morgan fingerprint density at radius 2 is 1.33 bits per heavy atom. The van der Waals surface area contributed by atoms with Crippen molar-refractivity contribution in [3.8, 4) is 0 Å². The number of benzene rings is 1. The predicted molar refractivity (Wildman–Crippen MR) is 46.7 cm³/mol. The first-order valence-corrected chi connectivity index (χ1v) is 3.61. The largest absolute Gasteiger partial charge is 0.368 e. The van der Waals surface area contributed by atoms with Crippen LogP contribution in [0.5, 0.6) is 0 Å². The highest BCUT2D eigenvalue weighted by atomic mass is 17.1. The summed E-state index contributed by atoms with van der Waals surface area (Å²) >= 11 is 0. The Hall–Kier alpha value is -0.900. The first kappa shape index (κ1) is 11.1. The van der Waals surface area contributed by atoms with Crippen molar-refractivity contribution in [3.63, 3.8) is 0 Å². The molecular formula is C9H14O3. The molecule has 1 rings (SSSR count). The summed E-state index contributed by atoms with van der Waals surface area (Å²) in [4.78, 5) is 3.10. The van der Waals surface area contributed by atoms with Gasteiger partial charge in [-0.1, -0.05) is 35.4 Å². The molecule has 3 heteroatoms. The summed E-state index contributed by atoms with van der Waals surface area (Å²) < 4.78 is 0. The summed E-state index contributed by atoms with van der Waals surface area (Å²) in [6.07, 6.45) is 0. The fraction of sp³-hybridized carbons (Fsp3) is 0.333. The fourth-order valence-electron chi connectivity index (χ4n) is 0.637. The van der Waals surface area contributed by atoms with E-state index in [1.165, 1.54) is 11.1 Å². The Balaban J connectivity index is 0.000000261.